The molecule has 3 heterocycles. The standard InChI is InChI=1S/C26H23F3N6O/c1-15-11-17-12-16(5-8-20(17)34-24(15)30)25(36)35(14-19-7-6-18(13-33-19)26(27,28)29)22-4-2-3-21-23(22)32-10-9-31-21/h5-13,22H,2-4,14H2,1H3,(H2,30,34)/t22-/m1/s1. The SMILES string of the molecule is Cc1cc2cc(C(=O)N(Cc3ccc(C(F)(F)F)cn3)[C@@H]3CCCc4nccnc43)ccc2nc1N. The third-order valence-corrected chi connectivity index (χ3v) is 6.43. The van der Waals surface area contributed by atoms with Gasteiger partial charge in [-0.25, -0.2) is 4.98 Å². The van der Waals surface area contributed by atoms with Crippen LogP contribution in [-0.4, -0.2) is 30.7 Å². The number of alkyl halides is 3. The first-order valence-corrected chi connectivity index (χ1v) is 11.5. The Labute approximate surface area is 205 Å². The van der Waals surface area contributed by atoms with Gasteiger partial charge in [0.05, 0.1) is 40.7 Å². The Bertz CT molecular complexity index is 1440. The van der Waals surface area contributed by atoms with Gasteiger partial charge in [0.25, 0.3) is 5.91 Å². The molecule has 0 saturated heterocycles. The second kappa shape index (κ2) is 9.18. The van der Waals surface area contributed by atoms with Crippen molar-refractivity contribution < 1.29 is 18.0 Å². The summed E-state index contributed by atoms with van der Waals surface area (Å²) in [7, 11) is 0. The molecule has 2 N–H and O–H groups in total. The average Bonchev–Trinajstić information content (AvgIpc) is 2.87. The Kier molecular flexibility index (Phi) is 6.03. The molecule has 0 fully saturated rings. The highest BCUT2D eigenvalue weighted by molar-refractivity contribution is 5.98. The largest absolute Gasteiger partial charge is 0.417 e. The number of aryl methyl sites for hydroxylation is 2. The summed E-state index contributed by atoms with van der Waals surface area (Å²) in [5.41, 5.74) is 8.85. The molecule has 0 bridgehead atoms. The van der Waals surface area contributed by atoms with E-state index in [1.165, 1.54) is 6.07 Å². The molecule has 184 valence electrons. The smallest absolute Gasteiger partial charge is 0.383 e. The van der Waals surface area contributed by atoms with Crippen molar-refractivity contribution in [1.82, 2.24) is 24.8 Å². The lowest BCUT2D eigenvalue weighted by atomic mass is 9.93. The first-order valence-electron chi connectivity index (χ1n) is 11.5. The molecule has 0 unspecified atom stereocenters. The summed E-state index contributed by atoms with van der Waals surface area (Å²) in [6, 6.07) is 8.94. The number of amides is 1. The number of fused-ring (bicyclic) bond motifs is 2. The van der Waals surface area contributed by atoms with Crippen molar-refractivity contribution in [2.75, 3.05) is 5.73 Å². The number of aromatic nitrogens is 4. The Morgan fingerprint density at radius 1 is 1.11 bits per heavy atom. The van der Waals surface area contributed by atoms with E-state index >= 15 is 0 Å². The van der Waals surface area contributed by atoms with Gasteiger partial charge in [-0.2, -0.15) is 13.2 Å². The molecule has 0 radical (unpaired) electrons. The monoisotopic (exact) mass is 492 g/mol. The van der Waals surface area contributed by atoms with Crippen LogP contribution in [0.2, 0.25) is 0 Å². The minimum atomic E-state index is -4.49. The topological polar surface area (TPSA) is 97.9 Å². The molecular formula is C26H23F3N6O. The first-order chi connectivity index (χ1) is 17.2. The van der Waals surface area contributed by atoms with Crippen LogP contribution in [0.25, 0.3) is 10.9 Å². The van der Waals surface area contributed by atoms with E-state index in [0.717, 1.165) is 41.7 Å². The van der Waals surface area contributed by atoms with Crippen LogP contribution in [0.1, 0.15) is 57.5 Å². The fourth-order valence-corrected chi connectivity index (χ4v) is 4.53. The van der Waals surface area contributed by atoms with Crippen molar-refractivity contribution in [1.29, 1.82) is 0 Å². The van der Waals surface area contributed by atoms with Gasteiger partial charge in [0, 0.05) is 29.5 Å². The minimum Gasteiger partial charge on any atom is -0.383 e. The van der Waals surface area contributed by atoms with Gasteiger partial charge >= 0.3 is 6.18 Å². The van der Waals surface area contributed by atoms with E-state index in [0.29, 0.717) is 34.7 Å². The van der Waals surface area contributed by atoms with Crippen molar-refractivity contribution in [3.05, 3.63) is 88.8 Å². The highest BCUT2D eigenvalue weighted by Crippen LogP contribution is 2.35. The lowest BCUT2D eigenvalue weighted by molar-refractivity contribution is -0.137. The lowest BCUT2D eigenvalue weighted by Crippen LogP contribution is -2.37. The highest BCUT2D eigenvalue weighted by atomic mass is 19.4. The van der Waals surface area contributed by atoms with Gasteiger partial charge in [0.1, 0.15) is 5.82 Å². The molecule has 1 amide bonds. The zero-order valence-electron chi connectivity index (χ0n) is 19.5. The molecule has 0 aliphatic heterocycles. The Morgan fingerprint density at radius 2 is 1.92 bits per heavy atom. The summed E-state index contributed by atoms with van der Waals surface area (Å²) < 4.78 is 39.1. The number of carbonyl (C=O) groups is 1. The molecule has 1 aliphatic rings. The molecule has 7 nitrogen and oxygen atoms in total. The Hall–Kier alpha value is -4.08. The highest BCUT2D eigenvalue weighted by Gasteiger charge is 2.33. The molecule has 10 heteroatoms. The van der Waals surface area contributed by atoms with Gasteiger partial charge in [-0.3, -0.25) is 19.7 Å². The van der Waals surface area contributed by atoms with Gasteiger partial charge in [0.2, 0.25) is 0 Å². The Morgan fingerprint density at radius 3 is 2.67 bits per heavy atom. The number of anilines is 1. The number of hydrogen-bond donors (Lipinski definition) is 1. The minimum absolute atomic E-state index is 0.0225. The van der Waals surface area contributed by atoms with Crippen molar-refractivity contribution in [2.45, 2.75) is 44.9 Å². The average molecular weight is 493 g/mol. The second-order valence-corrected chi connectivity index (χ2v) is 8.86. The predicted octanol–water partition coefficient (Wildman–Crippen LogP) is 5.05. The maximum Gasteiger partial charge on any atom is 0.417 e. The van der Waals surface area contributed by atoms with E-state index in [2.05, 4.69) is 19.9 Å². The van der Waals surface area contributed by atoms with E-state index in [9.17, 15) is 18.0 Å². The molecule has 3 aromatic heterocycles. The quantitative estimate of drug-likeness (QED) is 0.428. The van der Waals surface area contributed by atoms with E-state index in [1.807, 2.05) is 13.0 Å². The summed E-state index contributed by atoms with van der Waals surface area (Å²) in [5.74, 6) is 0.144. The molecule has 0 saturated carbocycles. The van der Waals surface area contributed by atoms with Crippen LogP contribution >= 0.6 is 0 Å². The summed E-state index contributed by atoms with van der Waals surface area (Å²) >= 11 is 0. The van der Waals surface area contributed by atoms with Crippen LogP contribution in [0.3, 0.4) is 0 Å². The molecule has 1 atom stereocenters. The Balaban J connectivity index is 1.54. The van der Waals surface area contributed by atoms with Crippen LogP contribution in [0, 0.1) is 6.92 Å². The summed E-state index contributed by atoms with van der Waals surface area (Å²) in [6.45, 7) is 1.87. The normalized spacial score (nSPS) is 15.5. The maximum atomic E-state index is 13.9. The zero-order valence-corrected chi connectivity index (χ0v) is 19.5. The van der Waals surface area contributed by atoms with Crippen LogP contribution in [0.15, 0.2) is 55.0 Å². The van der Waals surface area contributed by atoms with Gasteiger partial charge in [0.15, 0.2) is 0 Å². The van der Waals surface area contributed by atoms with Crippen molar-refractivity contribution in [2.24, 2.45) is 0 Å². The number of hydrogen-bond acceptors (Lipinski definition) is 6. The zero-order chi connectivity index (χ0) is 25.4. The number of carbonyl (C=O) groups excluding carboxylic acids is 1. The van der Waals surface area contributed by atoms with E-state index in [4.69, 9.17) is 5.73 Å². The fraction of sp³-hybridized carbons (Fsp3) is 0.269. The third kappa shape index (κ3) is 4.58. The lowest BCUT2D eigenvalue weighted by Gasteiger charge is -2.34. The summed E-state index contributed by atoms with van der Waals surface area (Å²) in [6.07, 6.45) is 1.73. The first kappa shape index (κ1) is 23.7. The van der Waals surface area contributed by atoms with Crippen molar-refractivity contribution >= 4 is 22.6 Å². The van der Waals surface area contributed by atoms with Gasteiger partial charge in [-0.15, -0.1) is 0 Å². The number of halogens is 3. The second-order valence-electron chi connectivity index (χ2n) is 8.86. The van der Waals surface area contributed by atoms with Gasteiger partial charge < -0.3 is 10.6 Å². The van der Waals surface area contributed by atoms with E-state index in [-0.39, 0.29) is 18.5 Å². The van der Waals surface area contributed by atoms with Crippen molar-refractivity contribution in [3.63, 3.8) is 0 Å². The van der Waals surface area contributed by atoms with Gasteiger partial charge in [-0.05, 0) is 68.1 Å². The molecule has 36 heavy (non-hydrogen) atoms. The number of nitrogens with two attached hydrogens (primary N) is 1. The summed E-state index contributed by atoms with van der Waals surface area (Å²) in [5, 5.41) is 0.768. The van der Waals surface area contributed by atoms with E-state index < -0.39 is 11.7 Å². The molecule has 4 aromatic rings. The van der Waals surface area contributed by atoms with Crippen LogP contribution in [0.4, 0.5) is 19.0 Å². The van der Waals surface area contributed by atoms with Gasteiger partial charge in [-0.1, -0.05) is 0 Å². The fourth-order valence-electron chi connectivity index (χ4n) is 4.53. The number of benzene rings is 1. The number of nitrogens with zero attached hydrogens (tertiary/aromatic N) is 5. The maximum absolute atomic E-state index is 13.9. The number of nitrogen functional groups attached to an aromatic ring is 1. The molecule has 1 aromatic carbocycles. The van der Waals surface area contributed by atoms with Crippen LogP contribution in [0.5, 0.6) is 0 Å². The number of rotatable bonds is 4. The molecule has 0 spiro atoms. The van der Waals surface area contributed by atoms with Crippen molar-refractivity contribution in [3.8, 4) is 0 Å². The molecular weight excluding hydrogens is 469 g/mol. The summed E-state index contributed by atoms with van der Waals surface area (Å²) in [4.78, 5) is 32.8. The number of pyridine rings is 2. The molecule has 5 rings (SSSR count). The third-order valence-electron chi connectivity index (χ3n) is 6.43. The molecule has 1 aliphatic carbocycles. The van der Waals surface area contributed by atoms with Crippen LogP contribution < -0.4 is 5.73 Å². The van der Waals surface area contributed by atoms with E-state index in [1.54, 1.807) is 35.5 Å². The van der Waals surface area contributed by atoms with Crippen LogP contribution in [-0.2, 0) is 19.1 Å². The predicted molar refractivity (Wildman–Crippen MR) is 128 cm³/mol.